The second-order valence-electron chi connectivity index (χ2n) is 4.89. The highest BCUT2D eigenvalue weighted by Crippen LogP contribution is 2.24. The summed E-state index contributed by atoms with van der Waals surface area (Å²) in [4.78, 5) is 12.0. The van der Waals surface area contributed by atoms with Crippen molar-refractivity contribution in [3.63, 3.8) is 0 Å². The standard InChI is InChI=1S/C17H17BrFNO3/c1-22-13-7-11(8-14(10-13)23-2)3-6-17(21)20-16-5-4-12(18)9-15(16)19/h4-5,7-10H,3,6H2,1-2H3,(H,20,21). The monoisotopic (exact) mass is 381 g/mol. The zero-order chi connectivity index (χ0) is 16.8. The molecule has 23 heavy (non-hydrogen) atoms. The van der Waals surface area contributed by atoms with E-state index in [-0.39, 0.29) is 18.0 Å². The first-order chi connectivity index (χ1) is 11.0. The average Bonchev–Trinajstić information content (AvgIpc) is 2.55. The summed E-state index contributed by atoms with van der Waals surface area (Å²) in [7, 11) is 3.14. The Kier molecular flexibility index (Phi) is 5.98. The molecule has 0 heterocycles. The van der Waals surface area contributed by atoms with Gasteiger partial charge in [-0.3, -0.25) is 4.79 Å². The highest BCUT2D eigenvalue weighted by atomic mass is 79.9. The van der Waals surface area contributed by atoms with E-state index in [9.17, 15) is 9.18 Å². The van der Waals surface area contributed by atoms with Crippen LogP contribution in [0.15, 0.2) is 40.9 Å². The number of methoxy groups -OCH3 is 2. The van der Waals surface area contributed by atoms with Crippen LogP contribution in [0.4, 0.5) is 10.1 Å². The minimum Gasteiger partial charge on any atom is -0.497 e. The van der Waals surface area contributed by atoms with Crippen molar-refractivity contribution in [2.45, 2.75) is 12.8 Å². The largest absolute Gasteiger partial charge is 0.497 e. The van der Waals surface area contributed by atoms with Gasteiger partial charge in [0.25, 0.3) is 0 Å². The highest BCUT2D eigenvalue weighted by Gasteiger charge is 2.09. The fourth-order valence-corrected chi connectivity index (χ4v) is 2.41. The second-order valence-corrected chi connectivity index (χ2v) is 5.81. The molecule has 2 aromatic rings. The van der Waals surface area contributed by atoms with E-state index in [1.54, 1.807) is 26.4 Å². The van der Waals surface area contributed by atoms with Gasteiger partial charge in [-0.1, -0.05) is 15.9 Å². The Balaban J connectivity index is 1.99. The van der Waals surface area contributed by atoms with Crippen molar-refractivity contribution >= 4 is 27.5 Å². The van der Waals surface area contributed by atoms with Crippen molar-refractivity contribution in [2.24, 2.45) is 0 Å². The van der Waals surface area contributed by atoms with Gasteiger partial charge in [0.1, 0.15) is 17.3 Å². The number of halogens is 2. The highest BCUT2D eigenvalue weighted by molar-refractivity contribution is 9.10. The van der Waals surface area contributed by atoms with Gasteiger partial charge in [-0.25, -0.2) is 4.39 Å². The normalized spacial score (nSPS) is 10.3. The molecule has 122 valence electrons. The molecular formula is C17H17BrFNO3. The summed E-state index contributed by atoms with van der Waals surface area (Å²) in [5.41, 5.74) is 1.08. The van der Waals surface area contributed by atoms with Crippen LogP contribution >= 0.6 is 15.9 Å². The van der Waals surface area contributed by atoms with Crippen molar-refractivity contribution in [1.29, 1.82) is 0 Å². The number of rotatable bonds is 6. The predicted octanol–water partition coefficient (Wildman–Crippen LogP) is 4.18. The first-order valence-electron chi connectivity index (χ1n) is 6.98. The molecule has 0 radical (unpaired) electrons. The molecule has 0 saturated carbocycles. The van der Waals surface area contributed by atoms with Gasteiger partial charge in [0.05, 0.1) is 19.9 Å². The number of carbonyl (C=O) groups excluding carboxylic acids is 1. The number of aryl methyl sites for hydroxylation is 1. The van der Waals surface area contributed by atoms with Gasteiger partial charge >= 0.3 is 0 Å². The molecule has 0 aliphatic heterocycles. The van der Waals surface area contributed by atoms with Crippen molar-refractivity contribution in [3.8, 4) is 11.5 Å². The minimum atomic E-state index is -0.476. The number of nitrogens with one attached hydrogen (secondary N) is 1. The van der Waals surface area contributed by atoms with Crippen molar-refractivity contribution < 1.29 is 18.7 Å². The summed E-state index contributed by atoms with van der Waals surface area (Å²) in [6, 6.07) is 9.95. The van der Waals surface area contributed by atoms with E-state index in [1.165, 1.54) is 12.1 Å². The van der Waals surface area contributed by atoms with Gasteiger partial charge in [0, 0.05) is 17.0 Å². The van der Waals surface area contributed by atoms with Crippen molar-refractivity contribution in [2.75, 3.05) is 19.5 Å². The molecule has 0 aliphatic rings. The lowest BCUT2D eigenvalue weighted by Gasteiger charge is -2.09. The van der Waals surface area contributed by atoms with E-state index in [0.717, 1.165) is 5.56 Å². The van der Waals surface area contributed by atoms with Crippen LogP contribution < -0.4 is 14.8 Å². The van der Waals surface area contributed by atoms with Crippen LogP contribution in [0.25, 0.3) is 0 Å². The Hall–Kier alpha value is -2.08. The van der Waals surface area contributed by atoms with Gasteiger partial charge in [-0.2, -0.15) is 0 Å². The third kappa shape index (κ3) is 4.96. The molecule has 0 fully saturated rings. The molecule has 0 atom stereocenters. The van der Waals surface area contributed by atoms with Gasteiger partial charge in [0.15, 0.2) is 0 Å². The van der Waals surface area contributed by atoms with Crippen molar-refractivity contribution in [3.05, 3.63) is 52.3 Å². The van der Waals surface area contributed by atoms with Crippen LogP contribution in [-0.2, 0) is 11.2 Å². The number of amides is 1. The molecule has 0 aromatic heterocycles. The van der Waals surface area contributed by atoms with Crippen LogP contribution in [0.5, 0.6) is 11.5 Å². The van der Waals surface area contributed by atoms with E-state index in [2.05, 4.69) is 21.2 Å². The molecule has 1 amide bonds. The smallest absolute Gasteiger partial charge is 0.224 e. The van der Waals surface area contributed by atoms with E-state index in [1.807, 2.05) is 12.1 Å². The molecule has 1 N–H and O–H groups in total. The minimum absolute atomic E-state index is 0.168. The van der Waals surface area contributed by atoms with Crippen LogP contribution in [0.1, 0.15) is 12.0 Å². The quantitative estimate of drug-likeness (QED) is 0.816. The van der Waals surface area contributed by atoms with Crippen molar-refractivity contribution in [1.82, 2.24) is 0 Å². The van der Waals surface area contributed by atoms with E-state index in [4.69, 9.17) is 9.47 Å². The van der Waals surface area contributed by atoms with Gasteiger partial charge in [-0.05, 0) is 42.3 Å². The number of hydrogen-bond donors (Lipinski definition) is 1. The summed E-state index contributed by atoms with van der Waals surface area (Å²) >= 11 is 3.17. The number of benzene rings is 2. The van der Waals surface area contributed by atoms with Crippen LogP contribution in [0.2, 0.25) is 0 Å². The Bertz CT molecular complexity index is 684. The maximum absolute atomic E-state index is 13.7. The number of ether oxygens (including phenoxy) is 2. The van der Waals surface area contributed by atoms with Crippen LogP contribution in [0.3, 0.4) is 0 Å². The molecule has 4 nitrogen and oxygen atoms in total. The van der Waals surface area contributed by atoms with Gasteiger partial charge < -0.3 is 14.8 Å². The Labute approximate surface area is 142 Å². The van der Waals surface area contributed by atoms with E-state index >= 15 is 0 Å². The summed E-state index contributed by atoms with van der Waals surface area (Å²) in [6.45, 7) is 0. The zero-order valence-corrected chi connectivity index (χ0v) is 14.4. The van der Waals surface area contributed by atoms with E-state index in [0.29, 0.717) is 22.4 Å². The summed E-state index contributed by atoms with van der Waals surface area (Å²) in [5, 5.41) is 2.57. The summed E-state index contributed by atoms with van der Waals surface area (Å²) < 4.78 is 24.7. The number of anilines is 1. The maximum atomic E-state index is 13.7. The summed E-state index contributed by atoms with van der Waals surface area (Å²) in [6.07, 6.45) is 0.726. The molecule has 0 spiro atoms. The van der Waals surface area contributed by atoms with E-state index < -0.39 is 5.82 Å². The molecule has 2 rings (SSSR count). The summed E-state index contributed by atoms with van der Waals surface area (Å²) in [5.74, 6) is 0.598. The fraction of sp³-hybridized carbons (Fsp3) is 0.235. The molecule has 0 bridgehead atoms. The number of hydrogen-bond acceptors (Lipinski definition) is 3. The molecule has 0 unspecified atom stereocenters. The second kappa shape index (κ2) is 7.97. The van der Waals surface area contributed by atoms with Crippen LogP contribution in [0, 0.1) is 5.82 Å². The SMILES string of the molecule is COc1cc(CCC(=O)Nc2ccc(Br)cc2F)cc(OC)c1. The topological polar surface area (TPSA) is 47.6 Å². The predicted molar refractivity (Wildman–Crippen MR) is 90.6 cm³/mol. The number of carbonyl (C=O) groups is 1. The lowest BCUT2D eigenvalue weighted by Crippen LogP contribution is -2.13. The maximum Gasteiger partial charge on any atom is 0.224 e. The molecule has 6 heteroatoms. The van der Waals surface area contributed by atoms with Crippen LogP contribution in [-0.4, -0.2) is 20.1 Å². The molecular weight excluding hydrogens is 365 g/mol. The molecule has 0 saturated heterocycles. The Morgan fingerprint density at radius 2 is 1.78 bits per heavy atom. The van der Waals surface area contributed by atoms with Gasteiger partial charge in [-0.15, -0.1) is 0 Å². The molecule has 0 aliphatic carbocycles. The lowest BCUT2D eigenvalue weighted by molar-refractivity contribution is -0.116. The Morgan fingerprint density at radius 3 is 2.35 bits per heavy atom. The molecule has 2 aromatic carbocycles. The average molecular weight is 382 g/mol. The zero-order valence-electron chi connectivity index (χ0n) is 12.9. The first-order valence-corrected chi connectivity index (χ1v) is 7.78. The third-order valence-electron chi connectivity index (χ3n) is 3.26. The fourth-order valence-electron chi connectivity index (χ4n) is 2.07. The third-order valence-corrected chi connectivity index (χ3v) is 3.75. The van der Waals surface area contributed by atoms with Gasteiger partial charge in [0.2, 0.25) is 5.91 Å². The lowest BCUT2D eigenvalue weighted by atomic mass is 10.1. The first kappa shape index (κ1) is 17.3. The Morgan fingerprint density at radius 1 is 1.13 bits per heavy atom.